The van der Waals surface area contributed by atoms with E-state index in [9.17, 15) is 17.6 Å². The van der Waals surface area contributed by atoms with Crippen LogP contribution in [0.1, 0.15) is 41.1 Å². The lowest BCUT2D eigenvalue weighted by Crippen LogP contribution is -2.51. The molecule has 3 atom stereocenters. The van der Waals surface area contributed by atoms with Gasteiger partial charge in [0.15, 0.2) is 15.6 Å². The molecule has 190 valence electrons. The van der Waals surface area contributed by atoms with Crippen molar-refractivity contribution in [2.45, 2.75) is 42.2 Å². The molecular weight excluding hydrogens is 491 g/mol. The number of aromatic nitrogens is 4. The average molecular weight is 519 g/mol. The van der Waals surface area contributed by atoms with Crippen LogP contribution >= 0.6 is 0 Å². The SMILES string of the molecule is Cn1ccc(S(=O)(=O)[C@H]2CCC3Cc4c(ncn4-c4ccc(F)cc4)C[C@]3(C(=O)c3ccccn3)C2)c1. The summed E-state index contributed by atoms with van der Waals surface area (Å²) in [6.07, 6.45) is 8.90. The Hall–Kier alpha value is -3.59. The lowest BCUT2D eigenvalue weighted by molar-refractivity contribution is 0.0483. The van der Waals surface area contributed by atoms with E-state index < -0.39 is 20.5 Å². The number of aryl methyl sites for hydroxylation is 1. The van der Waals surface area contributed by atoms with Gasteiger partial charge in [-0.2, -0.15) is 0 Å². The van der Waals surface area contributed by atoms with Gasteiger partial charge in [0.1, 0.15) is 11.5 Å². The third kappa shape index (κ3) is 3.92. The summed E-state index contributed by atoms with van der Waals surface area (Å²) < 4.78 is 44.5. The number of Topliss-reactive ketones (excluding diaryl/α,β-unsaturated/α-hetero) is 1. The second-order valence-electron chi connectivity index (χ2n) is 10.2. The number of hydrogen-bond acceptors (Lipinski definition) is 5. The van der Waals surface area contributed by atoms with Crippen LogP contribution in [-0.4, -0.2) is 38.6 Å². The van der Waals surface area contributed by atoms with Crippen LogP contribution in [0.25, 0.3) is 5.69 Å². The van der Waals surface area contributed by atoms with Crippen molar-refractivity contribution in [3.05, 3.63) is 96.3 Å². The van der Waals surface area contributed by atoms with Crippen molar-refractivity contribution in [1.29, 1.82) is 0 Å². The lowest BCUT2D eigenvalue weighted by atomic mass is 9.57. The molecule has 0 spiro atoms. The van der Waals surface area contributed by atoms with Crippen molar-refractivity contribution in [1.82, 2.24) is 19.1 Å². The van der Waals surface area contributed by atoms with E-state index in [1.807, 2.05) is 4.57 Å². The van der Waals surface area contributed by atoms with Gasteiger partial charge in [0.05, 0.1) is 22.2 Å². The number of imidazole rings is 1. The molecular formula is C28H27FN4O3S. The Labute approximate surface area is 214 Å². The van der Waals surface area contributed by atoms with Crippen LogP contribution in [0.4, 0.5) is 4.39 Å². The van der Waals surface area contributed by atoms with E-state index in [-0.39, 0.29) is 28.8 Å². The zero-order chi connectivity index (χ0) is 25.8. The highest BCUT2D eigenvalue weighted by Crippen LogP contribution is 2.52. The van der Waals surface area contributed by atoms with Gasteiger partial charge < -0.3 is 9.13 Å². The molecule has 37 heavy (non-hydrogen) atoms. The van der Waals surface area contributed by atoms with E-state index in [1.165, 1.54) is 12.1 Å². The zero-order valence-corrected chi connectivity index (χ0v) is 21.2. The quantitative estimate of drug-likeness (QED) is 0.367. The van der Waals surface area contributed by atoms with Crippen molar-refractivity contribution in [3.8, 4) is 5.69 Å². The molecule has 1 unspecified atom stereocenters. The number of rotatable bonds is 5. The highest BCUT2D eigenvalue weighted by molar-refractivity contribution is 7.92. The monoisotopic (exact) mass is 518 g/mol. The molecule has 4 aromatic rings. The molecule has 0 aliphatic heterocycles. The highest BCUT2D eigenvalue weighted by Gasteiger charge is 2.55. The predicted molar refractivity (Wildman–Crippen MR) is 136 cm³/mol. The first-order valence-electron chi connectivity index (χ1n) is 12.4. The summed E-state index contributed by atoms with van der Waals surface area (Å²) in [5, 5.41) is -0.667. The number of nitrogens with zero attached hydrogens (tertiary/aromatic N) is 4. The van der Waals surface area contributed by atoms with E-state index in [2.05, 4.69) is 9.97 Å². The fourth-order valence-electron chi connectivity index (χ4n) is 6.20. The third-order valence-electron chi connectivity index (χ3n) is 8.11. The number of sulfone groups is 1. The molecule has 0 radical (unpaired) electrons. The summed E-state index contributed by atoms with van der Waals surface area (Å²) in [6.45, 7) is 0. The van der Waals surface area contributed by atoms with Crippen LogP contribution < -0.4 is 0 Å². The van der Waals surface area contributed by atoms with Gasteiger partial charge in [0.25, 0.3) is 0 Å². The Morgan fingerprint density at radius 1 is 1.08 bits per heavy atom. The molecule has 2 aliphatic rings. The van der Waals surface area contributed by atoms with E-state index in [0.29, 0.717) is 31.4 Å². The van der Waals surface area contributed by atoms with Gasteiger partial charge in [-0.25, -0.2) is 17.8 Å². The second-order valence-corrected chi connectivity index (χ2v) is 12.5. The zero-order valence-electron chi connectivity index (χ0n) is 20.4. The summed E-state index contributed by atoms with van der Waals surface area (Å²) in [6, 6.07) is 13.1. The number of hydrogen-bond donors (Lipinski definition) is 0. The smallest absolute Gasteiger partial charge is 0.188 e. The molecule has 0 saturated heterocycles. The van der Waals surface area contributed by atoms with Gasteiger partial charge in [-0.1, -0.05) is 6.07 Å². The van der Waals surface area contributed by atoms with Crippen LogP contribution in [0.15, 0.2) is 78.3 Å². The molecule has 3 heterocycles. The molecule has 1 fully saturated rings. The Morgan fingerprint density at radius 2 is 1.89 bits per heavy atom. The maximum atomic E-state index is 14.2. The number of ketones is 1. The van der Waals surface area contributed by atoms with Crippen molar-refractivity contribution in [2.75, 3.05) is 0 Å². The fourth-order valence-corrected chi connectivity index (χ4v) is 8.11. The number of carbonyl (C=O) groups excluding carboxylic acids is 1. The second kappa shape index (κ2) is 8.76. The molecule has 9 heteroatoms. The van der Waals surface area contributed by atoms with Crippen molar-refractivity contribution in [3.63, 3.8) is 0 Å². The van der Waals surface area contributed by atoms with E-state index in [1.54, 1.807) is 72.9 Å². The van der Waals surface area contributed by atoms with E-state index in [4.69, 9.17) is 0 Å². The molecule has 1 saturated carbocycles. The van der Waals surface area contributed by atoms with Crippen molar-refractivity contribution < 1.29 is 17.6 Å². The summed E-state index contributed by atoms with van der Waals surface area (Å²) >= 11 is 0. The summed E-state index contributed by atoms with van der Waals surface area (Å²) in [7, 11) is -1.83. The van der Waals surface area contributed by atoms with Crippen molar-refractivity contribution >= 4 is 15.6 Å². The van der Waals surface area contributed by atoms with E-state index >= 15 is 0 Å². The first-order valence-corrected chi connectivity index (χ1v) is 14.0. The van der Waals surface area contributed by atoms with Gasteiger partial charge in [0.2, 0.25) is 0 Å². The summed E-state index contributed by atoms with van der Waals surface area (Å²) in [5.41, 5.74) is 2.01. The average Bonchev–Trinajstić information content (AvgIpc) is 3.53. The number of benzene rings is 1. The van der Waals surface area contributed by atoms with Gasteiger partial charge in [-0.3, -0.25) is 9.78 Å². The van der Waals surface area contributed by atoms with Crippen LogP contribution in [0, 0.1) is 17.2 Å². The normalized spacial score (nSPS) is 23.3. The molecule has 6 rings (SSSR count). The minimum absolute atomic E-state index is 0.0624. The molecule has 0 amide bonds. The van der Waals surface area contributed by atoms with Gasteiger partial charge in [-0.15, -0.1) is 0 Å². The predicted octanol–water partition coefficient (Wildman–Crippen LogP) is 4.36. The molecule has 2 aliphatic carbocycles. The Balaban J connectivity index is 1.43. The fraction of sp³-hybridized carbons (Fsp3) is 0.321. The van der Waals surface area contributed by atoms with Gasteiger partial charge >= 0.3 is 0 Å². The molecule has 0 bridgehead atoms. The minimum atomic E-state index is -3.62. The Bertz CT molecular complexity index is 1580. The lowest BCUT2D eigenvalue weighted by Gasteiger charge is -2.48. The maximum absolute atomic E-state index is 14.2. The Morgan fingerprint density at radius 3 is 2.59 bits per heavy atom. The van der Waals surface area contributed by atoms with Crippen LogP contribution in [-0.2, 0) is 29.7 Å². The van der Waals surface area contributed by atoms with Crippen LogP contribution in [0.2, 0.25) is 0 Å². The number of fused-ring (bicyclic) bond motifs is 2. The largest absolute Gasteiger partial charge is 0.356 e. The van der Waals surface area contributed by atoms with Gasteiger partial charge in [-0.05, 0) is 74.1 Å². The highest BCUT2D eigenvalue weighted by atomic mass is 32.2. The molecule has 7 nitrogen and oxygen atoms in total. The van der Waals surface area contributed by atoms with Crippen LogP contribution in [0.3, 0.4) is 0 Å². The standard InChI is InChI=1S/C28H27FN4O3S/c1-32-13-11-23(17-32)37(35,36)22-10-5-19-14-26-25(31-18-33(26)21-8-6-20(29)7-9-21)16-28(19,15-22)27(34)24-4-2-3-12-30-24/h2-4,6-9,11-13,17-19,22H,5,10,14-16H2,1H3/t19?,22-,28+/m0/s1. The maximum Gasteiger partial charge on any atom is 0.188 e. The van der Waals surface area contributed by atoms with Crippen molar-refractivity contribution in [2.24, 2.45) is 18.4 Å². The summed E-state index contributed by atoms with van der Waals surface area (Å²) in [4.78, 5) is 23.4. The first kappa shape index (κ1) is 23.8. The third-order valence-corrected chi connectivity index (χ3v) is 10.3. The number of carbonyl (C=O) groups is 1. The number of halogens is 1. The van der Waals surface area contributed by atoms with Gasteiger partial charge in [0, 0.05) is 48.9 Å². The van der Waals surface area contributed by atoms with Crippen LogP contribution in [0.5, 0.6) is 0 Å². The molecule has 0 N–H and O–H groups in total. The molecule has 3 aromatic heterocycles. The topological polar surface area (TPSA) is 86.9 Å². The summed E-state index contributed by atoms with van der Waals surface area (Å²) in [5.74, 6) is -0.490. The first-order chi connectivity index (χ1) is 17.8. The minimum Gasteiger partial charge on any atom is -0.356 e. The number of pyridine rings is 1. The molecule has 1 aromatic carbocycles. The Kier molecular flexibility index (Phi) is 5.63. The van der Waals surface area contributed by atoms with E-state index in [0.717, 1.165) is 17.1 Å².